The number of alkyl halides is 3. The molecule has 2 atom stereocenters. The van der Waals surface area contributed by atoms with Crippen LogP contribution in [-0.4, -0.2) is 39.6 Å². The highest BCUT2D eigenvalue weighted by Gasteiger charge is 2.48. The largest absolute Gasteiger partial charge is 0.406 e. The number of carbonyl (C=O) groups excluding carboxylic acids is 2. The second-order valence-electron chi connectivity index (χ2n) is 7.65. The predicted molar refractivity (Wildman–Crippen MR) is 107 cm³/mol. The summed E-state index contributed by atoms with van der Waals surface area (Å²) in [5.41, 5.74) is -1.47. The second-order valence-corrected chi connectivity index (χ2v) is 7.65. The number of nitriles is 1. The number of fused-ring (bicyclic) bond motifs is 1. The Morgan fingerprint density at radius 3 is 2.49 bits per heavy atom. The fraction of sp³-hybridized carbons (Fsp3) is 0.182. The number of aromatic amines is 1. The van der Waals surface area contributed by atoms with Gasteiger partial charge in [-0.3, -0.25) is 14.7 Å². The molecule has 1 aromatic heterocycles. The van der Waals surface area contributed by atoms with Gasteiger partial charge in [-0.05, 0) is 35.9 Å². The predicted octanol–water partition coefficient (Wildman–Crippen LogP) is 4.18. The van der Waals surface area contributed by atoms with Gasteiger partial charge in [-0.15, -0.1) is 0 Å². The molecule has 180 valence electrons. The summed E-state index contributed by atoms with van der Waals surface area (Å²) < 4.78 is 82.1. The summed E-state index contributed by atoms with van der Waals surface area (Å²) in [6, 6.07) is 3.98. The number of carbonyl (C=O) groups is 2. The van der Waals surface area contributed by atoms with Crippen LogP contribution in [0.2, 0.25) is 0 Å². The van der Waals surface area contributed by atoms with E-state index in [1.54, 1.807) is 6.07 Å². The van der Waals surface area contributed by atoms with Crippen molar-refractivity contribution in [1.82, 2.24) is 15.1 Å². The zero-order chi connectivity index (χ0) is 25.5. The Morgan fingerprint density at radius 2 is 1.86 bits per heavy atom. The Labute approximate surface area is 193 Å². The fourth-order valence-electron chi connectivity index (χ4n) is 3.99. The van der Waals surface area contributed by atoms with Crippen LogP contribution < -0.4 is 5.32 Å². The number of hydrogen-bond donors (Lipinski definition) is 2. The number of rotatable bonds is 4. The number of hydrogen-bond acceptors (Lipinski definition) is 4. The Balaban J connectivity index is 1.88. The number of H-pyrrole nitrogens is 1. The maximum Gasteiger partial charge on any atom is 0.406 e. The molecule has 4 rings (SSSR count). The molecular formula is C22H13F6N5O2. The van der Waals surface area contributed by atoms with E-state index in [0.29, 0.717) is 17.0 Å². The van der Waals surface area contributed by atoms with Crippen molar-refractivity contribution in [3.05, 3.63) is 82.4 Å². The Bertz CT molecular complexity index is 1350. The molecule has 2 heterocycles. The Kier molecular flexibility index (Phi) is 5.98. The fourth-order valence-corrected chi connectivity index (χ4v) is 3.99. The van der Waals surface area contributed by atoms with Crippen LogP contribution in [0.25, 0.3) is 0 Å². The van der Waals surface area contributed by atoms with Gasteiger partial charge in [-0.1, -0.05) is 0 Å². The van der Waals surface area contributed by atoms with E-state index in [1.165, 1.54) is 0 Å². The van der Waals surface area contributed by atoms with Crippen molar-refractivity contribution < 1.29 is 35.9 Å². The average molecular weight is 493 g/mol. The Morgan fingerprint density at radius 1 is 1.14 bits per heavy atom. The molecule has 2 amide bonds. The molecule has 0 radical (unpaired) electrons. The van der Waals surface area contributed by atoms with Crippen LogP contribution in [0.5, 0.6) is 0 Å². The van der Waals surface area contributed by atoms with Crippen molar-refractivity contribution in [3.63, 3.8) is 0 Å². The van der Waals surface area contributed by atoms with Gasteiger partial charge in [0.05, 0.1) is 23.7 Å². The summed E-state index contributed by atoms with van der Waals surface area (Å²) in [5.74, 6) is -7.71. The van der Waals surface area contributed by atoms with Crippen molar-refractivity contribution in [2.75, 3.05) is 11.9 Å². The molecule has 0 fully saturated rings. The van der Waals surface area contributed by atoms with Gasteiger partial charge in [-0.25, -0.2) is 13.2 Å². The molecule has 0 bridgehead atoms. The molecular weight excluding hydrogens is 480 g/mol. The maximum atomic E-state index is 14.2. The highest BCUT2D eigenvalue weighted by atomic mass is 19.4. The van der Waals surface area contributed by atoms with Crippen LogP contribution in [0, 0.1) is 28.8 Å². The summed E-state index contributed by atoms with van der Waals surface area (Å²) in [4.78, 5) is 26.7. The lowest BCUT2D eigenvalue weighted by atomic mass is 9.79. The zero-order valence-corrected chi connectivity index (χ0v) is 17.3. The van der Waals surface area contributed by atoms with Crippen molar-refractivity contribution in [2.45, 2.75) is 18.1 Å². The summed E-state index contributed by atoms with van der Waals surface area (Å²) in [7, 11) is 0. The summed E-state index contributed by atoms with van der Waals surface area (Å²) >= 11 is 0. The molecule has 0 saturated carbocycles. The first-order valence-corrected chi connectivity index (χ1v) is 9.86. The third-order valence-electron chi connectivity index (χ3n) is 5.42. The van der Waals surface area contributed by atoms with Gasteiger partial charge in [0.2, 0.25) is 5.91 Å². The van der Waals surface area contributed by atoms with Gasteiger partial charge in [0.1, 0.15) is 18.4 Å². The normalized spacial score (nSPS) is 17.6. The molecule has 0 saturated heterocycles. The highest BCUT2D eigenvalue weighted by Crippen LogP contribution is 2.44. The minimum Gasteiger partial charge on any atom is -0.325 e. The minimum absolute atomic E-state index is 0.00467. The number of nitrogens with one attached hydrogen (secondary N) is 2. The number of aromatic nitrogens is 2. The monoisotopic (exact) mass is 493 g/mol. The van der Waals surface area contributed by atoms with Gasteiger partial charge < -0.3 is 10.2 Å². The molecule has 0 spiro atoms. The van der Waals surface area contributed by atoms with E-state index in [1.807, 2.05) is 0 Å². The maximum absolute atomic E-state index is 14.2. The molecule has 1 aliphatic heterocycles. The average Bonchev–Trinajstić information content (AvgIpc) is 3.31. The van der Waals surface area contributed by atoms with Crippen LogP contribution in [0.1, 0.15) is 39.0 Å². The molecule has 13 heteroatoms. The standard InChI is InChI=1S/C22H13F6N5O2/c23-15-2-1-12(3-10(15)6-29)32-20(34)18-13-4-16(24)17(25)5-14(13)21(35)33(9-22(26,27)28)19(18)11-7-30-31-8-11/h1-5,7-8,18-19H,9H2,(H,30,31)(H,32,34)/t18-,19+/m0/s1. The highest BCUT2D eigenvalue weighted by molar-refractivity contribution is 6.04. The van der Waals surface area contributed by atoms with Gasteiger partial charge in [0, 0.05) is 23.0 Å². The zero-order valence-electron chi connectivity index (χ0n) is 17.3. The van der Waals surface area contributed by atoms with Crippen molar-refractivity contribution in [2.24, 2.45) is 0 Å². The molecule has 1 aliphatic rings. The first kappa shape index (κ1) is 23.8. The van der Waals surface area contributed by atoms with E-state index in [2.05, 4.69) is 15.5 Å². The minimum atomic E-state index is -4.90. The van der Waals surface area contributed by atoms with E-state index in [-0.39, 0.29) is 16.8 Å². The van der Waals surface area contributed by atoms with Gasteiger partial charge in [-0.2, -0.15) is 23.5 Å². The first-order valence-electron chi connectivity index (χ1n) is 9.86. The molecule has 7 nitrogen and oxygen atoms in total. The van der Waals surface area contributed by atoms with Crippen LogP contribution in [0.3, 0.4) is 0 Å². The van der Waals surface area contributed by atoms with Crippen molar-refractivity contribution in [1.29, 1.82) is 5.26 Å². The Hall–Kier alpha value is -4.34. The molecule has 0 aliphatic carbocycles. The third kappa shape index (κ3) is 4.54. The van der Waals surface area contributed by atoms with E-state index < -0.39 is 65.1 Å². The third-order valence-corrected chi connectivity index (χ3v) is 5.42. The second kappa shape index (κ2) is 8.79. The summed E-state index contributed by atoms with van der Waals surface area (Å²) in [6.07, 6.45) is -2.64. The van der Waals surface area contributed by atoms with Crippen LogP contribution in [0.4, 0.5) is 32.0 Å². The van der Waals surface area contributed by atoms with Gasteiger partial charge in [0.15, 0.2) is 11.6 Å². The van der Waals surface area contributed by atoms with Crippen LogP contribution >= 0.6 is 0 Å². The SMILES string of the molecule is N#Cc1cc(NC(=O)[C@H]2c3cc(F)c(F)cc3C(=O)N(CC(F)(F)F)[C@@H]2c2cn[nH]c2)ccc1F. The van der Waals surface area contributed by atoms with Crippen LogP contribution in [0.15, 0.2) is 42.7 Å². The number of anilines is 1. The first-order chi connectivity index (χ1) is 16.5. The van der Waals surface area contributed by atoms with Gasteiger partial charge in [0.25, 0.3) is 5.91 Å². The van der Waals surface area contributed by atoms with Crippen molar-refractivity contribution >= 4 is 17.5 Å². The lowest BCUT2D eigenvalue weighted by Gasteiger charge is -2.41. The lowest BCUT2D eigenvalue weighted by Crippen LogP contribution is -2.49. The lowest BCUT2D eigenvalue weighted by molar-refractivity contribution is -0.148. The van der Waals surface area contributed by atoms with E-state index in [9.17, 15) is 35.9 Å². The number of nitrogens with zero attached hydrogens (tertiary/aromatic N) is 3. The number of amides is 2. The topological polar surface area (TPSA) is 102 Å². The van der Waals surface area contributed by atoms with Gasteiger partial charge >= 0.3 is 6.18 Å². The van der Waals surface area contributed by atoms with E-state index in [0.717, 1.165) is 30.6 Å². The smallest absolute Gasteiger partial charge is 0.325 e. The summed E-state index contributed by atoms with van der Waals surface area (Å²) in [6.45, 7) is -1.79. The molecule has 35 heavy (non-hydrogen) atoms. The molecule has 2 aromatic carbocycles. The van der Waals surface area contributed by atoms with Crippen molar-refractivity contribution in [3.8, 4) is 6.07 Å². The van der Waals surface area contributed by atoms with E-state index >= 15 is 0 Å². The molecule has 2 N–H and O–H groups in total. The molecule has 3 aromatic rings. The van der Waals surface area contributed by atoms with E-state index in [4.69, 9.17) is 5.26 Å². The number of benzene rings is 2. The van der Waals surface area contributed by atoms with Crippen LogP contribution in [-0.2, 0) is 4.79 Å². The quantitative estimate of drug-likeness (QED) is 0.533. The summed E-state index contributed by atoms with van der Waals surface area (Å²) in [5, 5.41) is 17.4. The molecule has 0 unspecified atom stereocenters. The number of halogens is 6.